The highest BCUT2D eigenvalue weighted by molar-refractivity contribution is 7.89. The Hall–Kier alpha value is -2.29. The van der Waals surface area contributed by atoms with E-state index in [1.807, 2.05) is 30.3 Å². The fourth-order valence-corrected chi connectivity index (χ4v) is 4.18. The van der Waals surface area contributed by atoms with Gasteiger partial charge in [0.25, 0.3) is 5.91 Å². The van der Waals surface area contributed by atoms with Crippen LogP contribution in [0, 0.1) is 5.82 Å². The lowest BCUT2D eigenvalue weighted by atomic mass is 10.1. The molecule has 0 saturated carbocycles. The number of sulfonamides is 1. The maximum absolute atomic E-state index is 14.2. The van der Waals surface area contributed by atoms with Gasteiger partial charge in [-0.05, 0) is 44.5 Å². The van der Waals surface area contributed by atoms with Crippen molar-refractivity contribution in [2.24, 2.45) is 0 Å². The molecule has 0 aromatic heterocycles. The highest BCUT2D eigenvalue weighted by atomic mass is 32.2. The van der Waals surface area contributed by atoms with Crippen molar-refractivity contribution in [1.82, 2.24) is 9.62 Å². The molecule has 2 rings (SSSR count). The molecule has 0 radical (unpaired) electrons. The number of hydrogen-bond donors (Lipinski definition) is 2. The van der Waals surface area contributed by atoms with Gasteiger partial charge in [0.1, 0.15) is 10.7 Å². The van der Waals surface area contributed by atoms with E-state index in [0.717, 1.165) is 17.7 Å². The summed E-state index contributed by atoms with van der Waals surface area (Å²) < 4.78 is 41.6. The number of halogens is 1. The molecule has 0 aliphatic carbocycles. The zero-order valence-corrected chi connectivity index (χ0v) is 17.0. The molecule has 0 heterocycles. The normalized spacial score (nSPS) is 12.0. The second kappa shape index (κ2) is 8.81. The molecule has 0 unspecified atom stereocenters. The van der Waals surface area contributed by atoms with Gasteiger partial charge in [-0.2, -0.15) is 0 Å². The van der Waals surface area contributed by atoms with E-state index in [4.69, 9.17) is 0 Å². The molecular weight excluding hydrogens is 383 g/mol. The fraction of sp³-hybridized carbons (Fsp3) is 0.350. The summed E-state index contributed by atoms with van der Waals surface area (Å²) in [4.78, 5) is 13.7. The van der Waals surface area contributed by atoms with E-state index in [9.17, 15) is 22.7 Å². The summed E-state index contributed by atoms with van der Waals surface area (Å²) >= 11 is 0. The Kier molecular flexibility index (Phi) is 6.92. The van der Waals surface area contributed by atoms with Crippen LogP contribution < -0.4 is 4.72 Å². The maximum Gasteiger partial charge on any atom is 0.254 e. The molecule has 2 aromatic carbocycles. The van der Waals surface area contributed by atoms with Gasteiger partial charge in [-0.1, -0.05) is 30.3 Å². The number of rotatable bonds is 7. The lowest BCUT2D eigenvalue weighted by Gasteiger charge is -2.23. The minimum absolute atomic E-state index is 0.0278. The van der Waals surface area contributed by atoms with Crippen molar-refractivity contribution in [2.45, 2.75) is 37.8 Å². The highest BCUT2D eigenvalue weighted by Gasteiger charge is 2.27. The summed E-state index contributed by atoms with van der Waals surface area (Å²) in [6.45, 7) is 4.96. The number of amides is 1. The number of aliphatic hydroxyl groups is 1. The molecule has 6 nitrogen and oxygen atoms in total. The SMILES string of the molecule is CC(C)(C)NS(=O)(=O)c1cc(C(=O)N(CCO)Cc2ccccc2)ccc1F. The van der Waals surface area contributed by atoms with Gasteiger partial charge in [0.2, 0.25) is 10.0 Å². The van der Waals surface area contributed by atoms with Crippen LogP contribution in [0.5, 0.6) is 0 Å². The quantitative estimate of drug-likeness (QED) is 0.737. The number of benzene rings is 2. The third kappa shape index (κ3) is 5.85. The molecule has 0 atom stereocenters. The third-order valence-electron chi connectivity index (χ3n) is 3.78. The van der Waals surface area contributed by atoms with Crippen LogP contribution in [0.15, 0.2) is 53.4 Å². The van der Waals surface area contributed by atoms with Crippen LogP contribution in [0.2, 0.25) is 0 Å². The molecule has 2 N–H and O–H groups in total. The predicted molar refractivity (Wildman–Crippen MR) is 105 cm³/mol. The van der Waals surface area contributed by atoms with E-state index in [-0.39, 0.29) is 25.3 Å². The maximum atomic E-state index is 14.2. The number of nitrogens with zero attached hydrogens (tertiary/aromatic N) is 1. The second-order valence-electron chi connectivity index (χ2n) is 7.44. The van der Waals surface area contributed by atoms with Crippen LogP contribution in [-0.2, 0) is 16.6 Å². The van der Waals surface area contributed by atoms with Crippen molar-refractivity contribution < 1.29 is 22.7 Å². The Labute approximate surface area is 165 Å². The lowest BCUT2D eigenvalue weighted by molar-refractivity contribution is 0.0707. The summed E-state index contributed by atoms with van der Waals surface area (Å²) in [5.74, 6) is -1.44. The van der Waals surface area contributed by atoms with Crippen molar-refractivity contribution in [3.05, 3.63) is 65.5 Å². The Balaban J connectivity index is 2.36. The zero-order valence-electron chi connectivity index (χ0n) is 16.1. The van der Waals surface area contributed by atoms with Gasteiger partial charge in [-0.25, -0.2) is 17.5 Å². The molecular formula is C20H25FN2O4S. The standard InChI is InChI=1S/C20H25FN2O4S/c1-20(2,3)22-28(26,27)18-13-16(9-10-17(18)21)19(25)23(11-12-24)14-15-7-5-4-6-8-15/h4-10,13,22,24H,11-12,14H2,1-3H3. The Morgan fingerprint density at radius 1 is 1.14 bits per heavy atom. The predicted octanol–water partition coefficient (Wildman–Crippen LogP) is 2.54. The number of nitrogens with one attached hydrogen (secondary N) is 1. The number of carbonyl (C=O) groups is 1. The molecule has 0 aliphatic rings. The van der Waals surface area contributed by atoms with Gasteiger partial charge in [0.05, 0.1) is 6.61 Å². The molecule has 28 heavy (non-hydrogen) atoms. The minimum atomic E-state index is -4.15. The van der Waals surface area contributed by atoms with Crippen molar-refractivity contribution >= 4 is 15.9 Å². The van der Waals surface area contributed by atoms with Crippen molar-refractivity contribution in [2.75, 3.05) is 13.2 Å². The van der Waals surface area contributed by atoms with E-state index in [2.05, 4.69) is 4.72 Å². The summed E-state index contributed by atoms with van der Waals surface area (Å²) in [5.41, 5.74) is 0.0790. The van der Waals surface area contributed by atoms with Gasteiger partial charge < -0.3 is 10.0 Å². The summed E-state index contributed by atoms with van der Waals surface area (Å²) in [6.07, 6.45) is 0. The first-order valence-corrected chi connectivity index (χ1v) is 10.3. The van der Waals surface area contributed by atoms with E-state index < -0.39 is 32.2 Å². The molecule has 0 saturated heterocycles. The fourth-order valence-electron chi connectivity index (χ4n) is 2.66. The smallest absolute Gasteiger partial charge is 0.254 e. The van der Waals surface area contributed by atoms with Gasteiger partial charge in [0, 0.05) is 24.2 Å². The highest BCUT2D eigenvalue weighted by Crippen LogP contribution is 2.20. The molecule has 0 fully saturated rings. The molecule has 8 heteroatoms. The van der Waals surface area contributed by atoms with Crippen molar-refractivity contribution in [3.63, 3.8) is 0 Å². The molecule has 0 bridgehead atoms. The topological polar surface area (TPSA) is 86.7 Å². The van der Waals surface area contributed by atoms with E-state index in [0.29, 0.717) is 0 Å². The Morgan fingerprint density at radius 2 is 1.79 bits per heavy atom. The molecule has 2 aromatic rings. The zero-order chi connectivity index (χ0) is 20.9. The summed E-state index contributed by atoms with van der Waals surface area (Å²) in [5, 5.41) is 9.31. The van der Waals surface area contributed by atoms with Crippen LogP contribution >= 0.6 is 0 Å². The molecule has 1 amide bonds. The second-order valence-corrected chi connectivity index (χ2v) is 9.09. The first kappa shape index (κ1) is 22.0. The van der Waals surface area contributed by atoms with E-state index >= 15 is 0 Å². The number of aliphatic hydroxyl groups excluding tert-OH is 1. The summed E-state index contributed by atoms with van der Waals surface area (Å²) in [7, 11) is -4.15. The van der Waals surface area contributed by atoms with Gasteiger partial charge >= 0.3 is 0 Å². The van der Waals surface area contributed by atoms with Crippen LogP contribution in [0.3, 0.4) is 0 Å². The van der Waals surface area contributed by atoms with E-state index in [1.165, 1.54) is 11.0 Å². The number of hydrogen-bond acceptors (Lipinski definition) is 4. The average molecular weight is 408 g/mol. The first-order chi connectivity index (χ1) is 13.0. The number of carbonyl (C=O) groups excluding carboxylic acids is 1. The molecule has 0 spiro atoms. The van der Waals surface area contributed by atoms with Crippen LogP contribution in [-0.4, -0.2) is 43.0 Å². The van der Waals surface area contributed by atoms with Crippen molar-refractivity contribution in [1.29, 1.82) is 0 Å². The monoisotopic (exact) mass is 408 g/mol. The lowest BCUT2D eigenvalue weighted by Crippen LogP contribution is -2.41. The largest absolute Gasteiger partial charge is 0.395 e. The molecule has 0 aliphatic heterocycles. The van der Waals surface area contributed by atoms with Gasteiger partial charge in [-0.3, -0.25) is 4.79 Å². The van der Waals surface area contributed by atoms with Crippen LogP contribution in [0.4, 0.5) is 4.39 Å². The first-order valence-electron chi connectivity index (χ1n) is 8.81. The van der Waals surface area contributed by atoms with E-state index in [1.54, 1.807) is 20.8 Å². The van der Waals surface area contributed by atoms with Crippen LogP contribution in [0.25, 0.3) is 0 Å². The molecule has 152 valence electrons. The van der Waals surface area contributed by atoms with Crippen molar-refractivity contribution in [3.8, 4) is 0 Å². The van der Waals surface area contributed by atoms with Gasteiger partial charge in [0.15, 0.2) is 0 Å². The van der Waals surface area contributed by atoms with Gasteiger partial charge in [-0.15, -0.1) is 0 Å². The summed E-state index contributed by atoms with van der Waals surface area (Å²) in [6, 6.07) is 12.4. The average Bonchev–Trinajstić information content (AvgIpc) is 2.60. The van der Waals surface area contributed by atoms with Crippen LogP contribution in [0.1, 0.15) is 36.7 Å². The Morgan fingerprint density at radius 3 is 2.36 bits per heavy atom. The third-order valence-corrected chi connectivity index (χ3v) is 5.55. The minimum Gasteiger partial charge on any atom is -0.395 e. The Bertz CT molecular complexity index is 925.